The van der Waals surface area contributed by atoms with Gasteiger partial charge in [0.15, 0.2) is 0 Å². The molecule has 2 saturated heterocycles. The van der Waals surface area contributed by atoms with Gasteiger partial charge in [0.2, 0.25) is 59.1 Å². The molecule has 12 amide bonds. The lowest BCUT2D eigenvalue weighted by atomic mass is 9.89. The number of nitrogens with one attached hydrogen (secondary N) is 6. The predicted octanol–water partition coefficient (Wildman–Crippen LogP) is 0.694. The number of hydrogen-bond donors (Lipinski definition) is 7. The maximum Gasteiger partial charge on any atom is 0.253 e. The van der Waals surface area contributed by atoms with Crippen LogP contribution in [0, 0.1) is 23.7 Å². The Balaban J connectivity index is 1.13. The lowest BCUT2D eigenvalue weighted by molar-refractivity contribution is -0.148. The number of aliphatic hydroxyl groups excluding tert-OH is 1. The molecule has 524 valence electrons. The quantitative estimate of drug-likeness (QED) is 0.0462. The molecule has 3 aliphatic heterocycles. The molecule has 95 heavy (non-hydrogen) atoms. The second-order valence-corrected chi connectivity index (χ2v) is 25.6. The van der Waals surface area contributed by atoms with Crippen molar-refractivity contribution in [2.75, 3.05) is 93.8 Å². The van der Waals surface area contributed by atoms with Crippen LogP contribution in [0.2, 0.25) is 0 Å². The lowest BCUT2D eigenvalue weighted by Crippen LogP contribution is -2.61. The highest BCUT2D eigenvalue weighted by Crippen LogP contribution is 2.30. The van der Waals surface area contributed by atoms with E-state index < -0.39 is 145 Å². The Morgan fingerprint density at radius 1 is 0.642 bits per heavy atom. The highest BCUT2D eigenvalue weighted by Gasteiger charge is 2.44. The van der Waals surface area contributed by atoms with Crippen LogP contribution in [-0.4, -0.2) is 248 Å². The van der Waals surface area contributed by atoms with Crippen molar-refractivity contribution in [2.45, 2.75) is 155 Å². The van der Waals surface area contributed by atoms with Gasteiger partial charge in [0.25, 0.3) is 11.8 Å². The van der Waals surface area contributed by atoms with E-state index in [2.05, 4.69) is 31.9 Å². The Morgan fingerprint density at radius 2 is 1.25 bits per heavy atom. The standard InChI is InChI=1S/C68H102N12O15/c1-13-44(6)62(51(94-11)38-58(87)79-30-20-25-50(79)64(95-12)45(7)65(90)72-46(8)63(89)48-23-18-15-19-24-48)76(10)68(93)60(42(2)3)74-67(92)61(43(4)5)75(9)59(88)41-71-66(91)49(37-47-21-16-14-17-22-47)73-54(83)40-70-53(82)39-69-52(81)28-31-77-33-35-78(36-34-77)55(84)29-32-80-56(85)26-27-57(80)86/h14-19,21-24,26-27,42-46,49-51,60-64,89H,13,20,25,28-41H2,1-12H3,(H,69,81)(H,70,82)(H,71,91)(H,72,90)(H,73,83)(H,74,92)/t44-,45+,46+,49-,50+,51+,60-,61-,62-,63+,64+/m0/s1. The van der Waals surface area contributed by atoms with Crippen molar-refractivity contribution in [3.8, 4) is 0 Å². The van der Waals surface area contributed by atoms with E-state index in [-0.39, 0.29) is 55.9 Å². The summed E-state index contributed by atoms with van der Waals surface area (Å²) in [4.78, 5) is 170. The molecule has 11 atom stereocenters. The number of piperazine rings is 1. The Morgan fingerprint density at radius 3 is 1.84 bits per heavy atom. The van der Waals surface area contributed by atoms with Gasteiger partial charge in [-0.2, -0.15) is 0 Å². The zero-order valence-electron chi connectivity index (χ0n) is 57.3. The predicted molar refractivity (Wildman–Crippen MR) is 353 cm³/mol. The molecular weight excluding hydrogens is 1220 g/mol. The highest BCUT2D eigenvalue weighted by atomic mass is 16.5. The number of benzene rings is 2. The van der Waals surface area contributed by atoms with Gasteiger partial charge in [-0.25, -0.2) is 0 Å². The summed E-state index contributed by atoms with van der Waals surface area (Å²) in [6, 6.07) is 12.7. The molecule has 5 rings (SSSR count). The van der Waals surface area contributed by atoms with Gasteiger partial charge in [-0.15, -0.1) is 0 Å². The number of methoxy groups -OCH3 is 2. The lowest BCUT2D eigenvalue weighted by Gasteiger charge is -2.41. The summed E-state index contributed by atoms with van der Waals surface area (Å²) in [5.41, 5.74) is 1.34. The van der Waals surface area contributed by atoms with Crippen LogP contribution in [-0.2, 0) is 73.4 Å². The minimum absolute atomic E-state index is 0.000711. The van der Waals surface area contributed by atoms with Crippen molar-refractivity contribution in [1.29, 1.82) is 0 Å². The minimum Gasteiger partial charge on any atom is -0.386 e. The molecule has 0 radical (unpaired) electrons. The monoisotopic (exact) mass is 1330 g/mol. The van der Waals surface area contributed by atoms with E-state index in [1.165, 1.54) is 43.2 Å². The van der Waals surface area contributed by atoms with E-state index in [0.29, 0.717) is 69.7 Å². The number of likely N-dealkylation sites (tertiary alicyclic amines) is 1. The summed E-state index contributed by atoms with van der Waals surface area (Å²) in [5, 5.41) is 27.0. The van der Waals surface area contributed by atoms with Crippen molar-refractivity contribution >= 4 is 70.9 Å². The van der Waals surface area contributed by atoms with E-state index in [4.69, 9.17) is 9.47 Å². The summed E-state index contributed by atoms with van der Waals surface area (Å²) in [6.07, 6.45) is 1.74. The molecule has 0 aromatic heterocycles. The number of hydrogen-bond acceptors (Lipinski definition) is 16. The SMILES string of the molecule is CC[C@H](C)[C@@H]([C@@H](CC(=O)N1CCC[C@@H]1[C@H](OC)[C@@H](C)C(=O)N[C@H](C)[C@@H](O)c1ccccc1)OC)N(C)C(=O)[C@@H](NC(=O)[C@H](C(C)C)N(C)C(=O)CNC(=O)[C@H](Cc1ccccc1)NC(=O)CNC(=O)CNC(=O)CCN1CCN(C(=O)CCN2C(=O)C=CC2=O)CC1)C(C)C. The molecule has 0 bridgehead atoms. The van der Waals surface area contributed by atoms with E-state index in [1.54, 1.807) is 101 Å². The Labute approximate surface area is 558 Å². The van der Waals surface area contributed by atoms with E-state index in [9.17, 15) is 62.6 Å². The average Bonchev–Trinajstić information content (AvgIpc) is 1.82. The molecule has 27 heteroatoms. The van der Waals surface area contributed by atoms with Crippen LogP contribution in [0.25, 0.3) is 0 Å². The first kappa shape index (κ1) is 77.6. The van der Waals surface area contributed by atoms with Crippen molar-refractivity contribution in [3.63, 3.8) is 0 Å². The summed E-state index contributed by atoms with van der Waals surface area (Å²) in [5.74, 6) is -7.76. The third-order valence-electron chi connectivity index (χ3n) is 18.3. The van der Waals surface area contributed by atoms with Gasteiger partial charge >= 0.3 is 0 Å². The largest absolute Gasteiger partial charge is 0.386 e. The zero-order valence-corrected chi connectivity index (χ0v) is 57.3. The molecule has 27 nitrogen and oxygen atoms in total. The van der Waals surface area contributed by atoms with Crippen LogP contribution in [0.5, 0.6) is 0 Å². The summed E-state index contributed by atoms with van der Waals surface area (Å²) < 4.78 is 12.0. The van der Waals surface area contributed by atoms with Crippen molar-refractivity contribution in [2.24, 2.45) is 23.7 Å². The highest BCUT2D eigenvalue weighted by molar-refractivity contribution is 6.13. The fourth-order valence-electron chi connectivity index (χ4n) is 12.5. The number of aliphatic hydroxyl groups is 1. The first-order valence-corrected chi connectivity index (χ1v) is 33.0. The number of carbonyl (C=O) groups excluding carboxylic acids is 12. The van der Waals surface area contributed by atoms with Gasteiger partial charge in [0, 0.05) is 106 Å². The molecule has 0 unspecified atom stereocenters. The molecule has 0 saturated carbocycles. The van der Waals surface area contributed by atoms with E-state index >= 15 is 0 Å². The molecular formula is C68H102N12O15. The van der Waals surface area contributed by atoms with Crippen LogP contribution in [0.3, 0.4) is 0 Å². The number of amides is 12. The van der Waals surface area contributed by atoms with Crippen LogP contribution in [0.1, 0.15) is 111 Å². The Bertz CT molecular complexity index is 2960. The molecule has 2 aromatic carbocycles. The van der Waals surface area contributed by atoms with Crippen LogP contribution in [0.4, 0.5) is 0 Å². The van der Waals surface area contributed by atoms with Gasteiger partial charge < -0.3 is 66.1 Å². The summed E-state index contributed by atoms with van der Waals surface area (Å²) >= 11 is 0. The first-order valence-electron chi connectivity index (χ1n) is 33.0. The van der Waals surface area contributed by atoms with Gasteiger partial charge in [-0.3, -0.25) is 67.3 Å². The van der Waals surface area contributed by atoms with Crippen LogP contribution >= 0.6 is 0 Å². The second kappa shape index (κ2) is 37.8. The number of likely N-dealkylation sites (N-methyl/N-ethyl adjacent to an activating group) is 2. The molecule has 0 spiro atoms. The number of nitrogens with zero attached hydrogens (tertiary/aromatic N) is 6. The molecule has 7 N–H and O–H groups in total. The average molecular weight is 1330 g/mol. The third kappa shape index (κ3) is 22.5. The zero-order chi connectivity index (χ0) is 70.2. The number of rotatable bonds is 36. The topological polar surface area (TPSA) is 335 Å². The fraction of sp³-hybridized carbons (Fsp3) is 0.618. The molecule has 3 aliphatic rings. The van der Waals surface area contributed by atoms with E-state index in [1.807, 2.05) is 36.9 Å². The number of carbonyl (C=O) groups is 12. The second-order valence-electron chi connectivity index (χ2n) is 25.6. The van der Waals surface area contributed by atoms with Crippen molar-refractivity contribution < 1.29 is 72.1 Å². The molecule has 3 heterocycles. The van der Waals surface area contributed by atoms with Gasteiger partial charge in [-0.1, -0.05) is 116 Å². The van der Waals surface area contributed by atoms with Crippen LogP contribution in [0.15, 0.2) is 72.8 Å². The van der Waals surface area contributed by atoms with Gasteiger partial charge in [0.05, 0.1) is 68.4 Å². The Hall–Kier alpha value is -8.14. The maximum atomic E-state index is 14.8. The number of ether oxygens (including phenoxy) is 2. The fourth-order valence-corrected chi connectivity index (χ4v) is 12.5. The Kier molecular flexibility index (Phi) is 30.9. The molecule has 2 fully saturated rings. The van der Waals surface area contributed by atoms with Crippen molar-refractivity contribution in [1.82, 2.24) is 61.3 Å². The van der Waals surface area contributed by atoms with E-state index in [0.717, 1.165) is 4.90 Å². The first-order chi connectivity index (χ1) is 45.1. The maximum absolute atomic E-state index is 14.8. The summed E-state index contributed by atoms with van der Waals surface area (Å²) in [6.45, 7) is 15.5. The smallest absolute Gasteiger partial charge is 0.253 e. The van der Waals surface area contributed by atoms with Crippen LogP contribution < -0.4 is 31.9 Å². The molecule has 2 aromatic rings. The number of imide groups is 1. The van der Waals surface area contributed by atoms with Gasteiger partial charge in [0.1, 0.15) is 18.1 Å². The summed E-state index contributed by atoms with van der Waals surface area (Å²) in [7, 11) is 6.03. The minimum atomic E-state index is -1.22. The molecule has 0 aliphatic carbocycles. The van der Waals surface area contributed by atoms with Crippen molar-refractivity contribution in [3.05, 3.63) is 83.9 Å². The normalized spacial score (nSPS) is 18.1. The van der Waals surface area contributed by atoms with Gasteiger partial charge in [-0.05, 0) is 48.6 Å². The third-order valence-corrected chi connectivity index (χ3v) is 18.3.